The van der Waals surface area contributed by atoms with Gasteiger partial charge in [0.1, 0.15) is 5.82 Å². The number of aliphatic carboxylic acids is 2. The zero-order valence-electron chi connectivity index (χ0n) is 20.3. The Morgan fingerprint density at radius 1 is 0.919 bits per heavy atom. The van der Waals surface area contributed by atoms with Gasteiger partial charge in [-0.15, -0.1) is 0 Å². The molecule has 5 rings (SSSR count). The Morgan fingerprint density at radius 2 is 1.62 bits per heavy atom. The van der Waals surface area contributed by atoms with E-state index in [1.807, 2.05) is 42.5 Å². The first kappa shape index (κ1) is 26.4. The normalized spacial score (nSPS) is 15.3. The Morgan fingerprint density at radius 3 is 2.30 bits per heavy atom. The first-order valence-corrected chi connectivity index (χ1v) is 12.6. The number of carboxylic acid groups (broad SMARTS) is 2. The summed E-state index contributed by atoms with van der Waals surface area (Å²) >= 11 is 6.24. The van der Waals surface area contributed by atoms with E-state index in [2.05, 4.69) is 21.2 Å². The van der Waals surface area contributed by atoms with E-state index in [4.69, 9.17) is 36.4 Å². The second-order valence-corrected chi connectivity index (χ2v) is 9.47. The molecule has 1 saturated heterocycles. The van der Waals surface area contributed by atoms with Gasteiger partial charge >= 0.3 is 11.9 Å². The monoisotopic (exact) mass is 524 g/mol. The van der Waals surface area contributed by atoms with Gasteiger partial charge in [-0.25, -0.2) is 14.6 Å². The van der Waals surface area contributed by atoms with Crippen LogP contribution >= 0.6 is 11.6 Å². The highest BCUT2D eigenvalue weighted by Gasteiger charge is 2.28. The van der Waals surface area contributed by atoms with E-state index in [-0.39, 0.29) is 5.91 Å². The number of hydrogen-bond donors (Lipinski definition) is 3. The van der Waals surface area contributed by atoms with Crippen molar-refractivity contribution in [2.24, 2.45) is 0 Å². The molecule has 9 nitrogen and oxygen atoms in total. The first-order chi connectivity index (χ1) is 17.8. The lowest BCUT2D eigenvalue weighted by atomic mass is 10.1. The fourth-order valence-electron chi connectivity index (χ4n) is 4.74. The number of carbonyl (C=O) groups excluding carboxylic acids is 1. The molecular weight excluding hydrogens is 496 g/mol. The topological polar surface area (TPSA) is 123 Å². The minimum atomic E-state index is -1.82. The van der Waals surface area contributed by atoms with E-state index < -0.39 is 11.9 Å². The quantitative estimate of drug-likeness (QED) is 0.425. The predicted octanol–water partition coefficient (Wildman–Crippen LogP) is 4.55. The summed E-state index contributed by atoms with van der Waals surface area (Å²) < 4.78 is 0. The third kappa shape index (κ3) is 6.55. The van der Waals surface area contributed by atoms with Crippen LogP contribution in [-0.4, -0.2) is 64.1 Å². The number of likely N-dealkylation sites (tertiary alicyclic amines) is 1. The lowest BCUT2D eigenvalue weighted by Crippen LogP contribution is -2.34. The van der Waals surface area contributed by atoms with Crippen LogP contribution < -0.4 is 10.2 Å². The van der Waals surface area contributed by atoms with E-state index in [1.165, 1.54) is 25.7 Å². The first-order valence-electron chi connectivity index (χ1n) is 12.3. The Balaban J connectivity index is 0.000000480. The highest BCUT2D eigenvalue weighted by Crippen LogP contribution is 2.41. The fraction of sp³-hybridized carbons (Fsp3) is 0.333. The van der Waals surface area contributed by atoms with Crippen LogP contribution in [0.2, 0.25) is 5.02 Å². The summed E-state index contributed by atoms with van der Waals surface area (Å²) in [7, 11) is 0. The number of aromatic nitrogens is 1. The van der Waals surface area contributed by atoms with Crippen molar-refractivity contribution in [3.8, 4) is 0 Å². The van der Waals surface area contributed by atoms with Crippen LogP contribution in [0.3, 0.4) is 0 Å². The van der Waals surface area contributed by atoms with Crippen molar-refractivity contribution in [3.05, 3.63) is 59.1 Å². The molecule has 37 heavy (non-hydrogen) atoms. The third-order valence-electron chi connectivity index (χ3n) is 6.45. The second kappa shape index (κ2) is 12.0. The van der Waals surface area contributed by atoms with Crippen LogP contribution in [0.15, 0.2) is 48.5 Å². The van der Waals surface area contributed by atoms with Gasteiger partial charge in [0.15, 0.2) is 0 Å². The highest BCUT2D eigenvalue weighted by molar-refractivity contribution is 6.30. The molecule has 0 bridgehead atoms. The number of amides is 1. The maximum Gasteiger partial charge on any atom is 0.414 e. The summed E-state index contributed by atoms with van der Waals surface area (Å²) in [6, 6.07) is 15.9. The summed E-state index contributed by atoms with van der Waals surface area (Å²) in [5.74, 6) is -2.68. The minimum Gasteiger partial charge on any atom is -0.473 e. The van der Waals surface area contributed by atoms with Gasteiger partial charge < -0.3 is 20.4 Å². The molecular formula is C27H29ClN4O5. The van der Waals surface area contributed by atoms with Gasteiger partial charge in [0, 0.05) is 28.2 Å². The van der Waals surface area contributed by atoms with Gasteiger partial charge in [-0.3, -0.25) is 9.69 Å². The number of rotatable bonds is 4. The standard InChI is InChI=1S/C25H27ClN4O.C2H2O4/c26-18-8-7-9-19(16-18)30-15-12-21-24(20-10-3-4-11-22(20)27-25(21)30)28-23(31)17-29-13-5-1-2-6-14-29;3-1(4)2(5)6/h3-4,7-11,16H,1-2,5-6,12-15,17H2,(H,27,28,31);(H,3,4)(H,5,6). The molecule has 10 heteroatoms. The number of nitrogens with one attached hydrogen (secondary N) is 1. The van der Waals surface area contributed by atoms with Gasteiger partial charge in [0.05, 0.1) is 17.7 Å². The van der Waals surface area contributed by atoms with Crippen molar-refractivity contribution in [3.63, 3.8) is 0 Å². The number of para-hydroxylation sites is 1. The summed E-state index contributed by atoms with van der Waals surface area (Å²) in [5.41, 5.74) is 3.92. The van der Waals surface area contributed by atoms with E-state index in [9.17, 15) is 4.79 Å². The molecule has 3 heterocycles. The van der Waals surface area contributed by atoms with Gasteiger partial charge in [0.2, 0.25) is 5.91 Å². The SMILES string of the molecule is O=C(CN1CCCCCC1)Nc1c2c(nc3ccccc13)N(c1cccc(Cl)c1)CC2.O=C(O)C(=O)O. The molecule has 1 aromatic heterocycles. The van der Waals surface area contributed by atoms with Gasteiger partial charge in [0.25, 0.3) is 0 Å². The van der Waals surface area contributed by atoms with Crippen LogP contribution in [-0.2, 0) is 20.8 Å². The lowest BCUT2D eigenvalue weighted by Gasteiger charge is -2.22. The van der Waals surface area contributed by atoms with Crippen molar-refractivity contribution in [1.82, 2.24) is 9.88 Å². The minimum absolute atomic E-state index is 0.0571. The number of nitrogens with zero attached hydrogens (tertiary/aromatic N) is 3. The zero-order valence-corrected chi connectivity index (χ0v) is 21.1. The average molecular weight is 525 g/mol. The molecule has 0 spiro atoms. The number of carbonyl (C=O) groups is 3. The molecule has 0 radical (unpaired) electrons. The number of fused-ring (bicyclic) bond motifs is 2. The van der Waals surface area contributed by atoms with Crippen molar-refractivity contribution in [1.29, 1.82) is 0 Å². The lowest BCUT2D eigenvalue weighted by molar-refractivity contribution is -0.159. The van der Waals surface area contributed by atoms with Crippen LogP contribution in [0.25, 0.3) is 10.9 Å². The van der Waals surface area contributed by atoms with E-state index in [1.54, 1.807) is 0 Å². The Labute approximate surface area is 219 Å². The molecule has 1 fully saturated rings. The molecule has 0 atom stereocenters. The van der Waals surface area contributed by atoms with Gasteiger partial charge in [-0.2, -0.15) is 0 Å². The van der Waals surface area contributed by atoms with E-state index in [0.29, 0.717) is 11.6 Å². The Hall–Kier alpha value is -3.69. The Kier molecular flexibility index (Phi) is 8.58. The third-order valence-corrected chi connectivity index (χ3v) is 6.68. The fourth-order valence-corrected chi connectivity index (χ4v) is 4.93. The van der Waals surface area contributed by atoms with Crippen LogP contribution in [0.5, 0.6) is 0 Å². The van der Waals surface area contributed by atoms with Crippen LogP contribution in [0.4, 0.5) is 17.2 Å². The molecule has 194 valence electrons. The molecule has 0 aliphatic carbocycles. The number of halogens is 1. The number of hydrogen-bond acceptors (Lipinski definition) is 6. The average Bonchev–Trinajstić information content (AvgIpc) is 3.13. The summed E-state index contributed by atoms with van der Waals surface area (Å²) in [4.78, 5) is 40.7. The number of anilines is 3. The zero-order chi connectivity index (χ0) is 26.4. The summed E-state index contributed by atoms with van der Waals surface area (Å²) in [6.45, 7) is 3.27. The smallest absolute Gasteiger partial charge is 0.414 e. The van der Waals surface area contributed by atoms with Crippen LogP contribution in [0.1, 0.15) is 31.2 Å². The van der Waals surface area contributed by atoms with Crippen LogP contribution in [0, 0.1) is 0 Å². The second-order valence-electron chi connectivity index (χ2n) is 9.04. The van der Waals surface area contributed by atoms with Crippen molar-refractivity contribution >= 4 is 57.5 Å². The summed E-state index contributed by atoms with van der Waals surface area (Å²) in [5, 5.41) is 19.8. The van der Waals surface area contributed by atoms with Crippen molar-refractivity contribution < 1.29 is 24.6 Å². The molecule has 1 amide bonds. The maximum atomic E-state index is 13.0. The molecule has 2 aliphatic rings. The maximum absolute atomic E-state index is 13.0. The molecule has 3 N–H and O–H groups in total. The molecule has 3 aromatic rings. The van der Waals surface area contributed by atoms with Gasteiger partial charge in [-0.05, 0) is 56.6 Å². The van der Waals surface area contributed by atoms with Crippen molar-refractivity contribution in [2.75, 3.05) is 36.4 Å². The number of benzene rings is 2. The van der Waals surface area contributed by atoms with E-state index in [0.717, 1.165) is 59.7 Å². The van der Waals surface area contributed by atoms with Gasteiger partial charge in [-0.1, -0.05) is 48.7 Å². The molecule has 2 aromatic carbocycles. The summed E-state index contributed by atoms with van der Waals surface area (Å²) in [6.07, 6.45) is 5.71. The number of carboxylic acids is 2. The van der Waals surface area contributed by atoms with E-state index >= 15 is 0 Å². The van der Waals surface area contributed by atoms with Crippen molar-refractivity contribution in [2.45, 2.75) is 32.1 Å². The number of pyridine rings is 1. The largest absolute Gasteiger partial charge is 0.473 e. The molecule has 0 unspecified atom stereocenters. The Bertz CT molecular complexity index is 1300. The highest BCUT2D eigenvalue weighted by atomic mass is 35.5. The predicted molar refractivity (Wildman–Crippen MR) is 143 cm³/mol. The molecule has 0 saturated carbocycles. The molecule has 2 aliphatic heterocycles.